The first kappa shape index (κ1) is 17.2. The molecule has 6 nitrogen and oxygen atoms in total. The minimum absolute atomic E-state index is 0.00697. The summed E-state index contributed by atoms with van der Waals surface area (Å²) < 4.78 is 18.3. The first-order chi connectivity index (χ1) is 11.9. The fraction of sp³-hybridized carbons (Fsp3) is 0.333. The number of anilines is 1. The number of furan rings is 1. The molecular weight excluding hydrogens is 327 g/mol. The molecule has 1 aromatic carbocycles. The van der Waals surface area contributed by atoms with Crippen LogP contribution in [0.2, 0.25) is 0 Å². The number of carbonyl (C=O) groups excluding carboxylic acids is 2. The lowest BCUT2D eigenvalue weighted by molar-refractivity contribution is -0.126. The zero-order valence-electron chi connectivity index (χ0n) is 13.7. The van der Waals surface area contributed by atoms with Crippen molar-refractivity contribution in [2.45, 2.75) is 19.4 Å². The highest BCUT2D eigenvalue weighted by Gasteiger charge is 2.35. The summed E-state index contributed by atoms with van der Waals surface area (Å²) in [5, 5.41) is 12.7. The lowest BCUT2D eigenvalue weighted by atomic mass is 10.1. The SMILES string of the molecule is Cc1ccc([C@H](O)CNC(=O)[C@H]2CC(=O)N(c3ccc(F)cc3)C2)o1. The molecule has 0 radical (unpaired) electrons. The van der Waals surface area contributed by atoms with E-state index in [1.807, 2.05) is 0 Å². The Morgan fingerprint density at radius 1 is 1.36 bits per heavy atom. The second-order valence-corrected chi connectivity index (χ2v) is 6.09. The lowest BCUT2D eigenvalue weighted by Crippen LogP contribution is -2.35. The summed E-state index contributed by atoms with van der Waals surface area (Å²) in [4.78, 5) is 25.9. The smallest absolute Gasteiger partial charge is 0.227 e. The van der Waals surface area contributed by atoms with E-state index in [-0.39, 0.29) is 37.1 Å². The third-order valence-corrected chi connectivity index (χ3v) is 4.19. The minimum atomic E-state index is -0.942. The van der Waals surface area contributed by atoms with E-state index in [4.69, 9.17) is 4.42 Å². The topological polar surface area (TPSA) is 82.8 Å². The van der Waals surface area contributed by atoms with Gasteiger partial charge in [-0.2, -0.15) is 0 Å². The van der Waals surface area contributed by atoms with Crippen LogP contribution < -0.4 is 10.2 Å². The van der Waals surface area contributed by atoms with Gasteiger partial charge in [0.1, 0.15) is 23.4 Å². The van der Waals surface area contributed by atoms with Crippen molar-refractivity contribution in [2.24, 2.45) is 5.92 Å². The number of carbonyl (C=O) groups is 2. The Bertz CT molecular complexity index is 772. The number of halogens is 1. The van der Waals surface area contributed by atoms with E-state index in [1.54, 1.807) is 19.1 Å². The van der Waals surface area contributed by atoms with E-state index in [9.17, 15) is 19.1 Å². The molecule has 0 bridgehead atoms. The Kier molecular flexibility index (Phi) is 4.85. The van der Waals surface area contributed by atoms with Gasteiger partial charge < -0.3 is 19.7 Å². The number of rotatable bonds is 5. The summed E-state index contributed by atoms with van der Waals surface area (Å²) >= 11 is 0. The average molecular weight is 346 g/mol. The zero-order valence-corrected chi connectivity index (χ0v) is 13.7. The van der Waals surface area contributed by atoms with Crippen molar-refractivity contribution in [3.05, 3.63) is 53.7 Å². The number of aliphatic hydroxyl groups is 1. The summed E-state index contributed by atoms with van der Waals surface area (Å²) in [5.74, 6) is -0.325. The summed E-state index contributed by atoms with van der Waals surface area (Å²) in [6, 6.07) is 8.96. The molecule has 3 rings (SSSR count). The number of aliphatic hydroxyl groups excluding tert-OH is 1. The molecule has 1 saturated heterocycles. The van der Waals surface area contributed by atoms with Gasteiger partial charge in [0.2, 0.25) is 11.8 Å². The van der Waals surface area contributed by atoms with E-state index < -0.39 is 12.0 Å². The van der Waals surface area contributed by atoms with Gasteiger partial charge in [0.05, 0.1) is 12.5 Å². The van der Waals surface area contributed by atoms with E-state index in [0.717, 1.165) is 0 Å². The van der Waals surface area contributed by atoms with Crippen LogP contribution >= 0.6 is 0 Å². The Morgan fingerprint density at radius 2 is 2.08 bits per heavy atom. The maximum absolute atomic E-state index is 13.0. The van der Waals surface area contributed by atoms with Crippen LogP contribution in [0.4, 0.5) is 10.1 Å². The van der Waals surface area contributed by atoms with Crippen molar-refractivity contribution < 1.29 is 23.5 Å². The fourth-order valence-electron chi connectivity index (χ4n) is 2.83. The van der Waals surface area contributed by atoms with E-state index in [2.05, 4.69) is 5.32 Å². The van der Waals surface area contributed by atoms with Crippen LogP contribution in [0.15, 0.2) is 40.8 Å². The molecule has 1 aliphatic heterocycles. The molecule has 2 heterocycles. The first-order valence-corrected chi connectivity index (χ1v) is 8.02. The normalized spacial score (nSPS) is 18.4. The minimum Gasteiger partial charge on any atom is -0.464 e. The third-order valence-electron chi connectivity index (χ3n) is 4.19. The van der Waals surface area contributed by atoms with Crippen LogP contribution in [0.1, 0.15) is 24.0 Å². The molecular formula is C18H19FN2O4. The third kappa shape index (κ3) is 3.88. The van der Waals surface area contributed by atoms with Crippen molar-refractivity contribution in [3.63, 3.8) is 0 Å². The van der Waals surface area contributed by atoms with Gasteiger partial charge >= 0.3 is 0 Å². The average Bonchev–Trinajstić information content (AvgIpc) is 3.19. The van der Waals surface area contributed by atoms with Gasteiger partial charge in [0.25, 0.3) is 0 Å². The number of benzene rings is 1. The highest BCUT2D eigenvalue weighted by atomic mass is 19.1. The molecule has 1 aliphatic rings. The molecule has 0 aliphatic carbocycles. The summed E-state index contributed by atoms with van der Waals surface area (Å²) in [7, 11) is 0. The zero-order chi connectivity index (χ0) is 18.0. The van der Waals surface area contributed by atoms with Gasteiger partial charge in [-0.25, -0.2) is 4.39 Å². The summed E-state index contributed by atoms with van der Waals surface area (Å²) in [5.41, 5.74) is 0.563. The second kappa shape index (κ2) is 7.06. The predicted molar refractivity (Wildman–Crippen MR) is 88.3 cm³/mol. The van der Waals surface area contributed by atoms with E-state index in [1.165, 1.54) is 29.2 Å². The number of aryl methyl sites for hydroxylation is 1. The molecule has 2 N–H and O–H groups in total. The van der Waals surface area contributed by atoms with Gasteiger partial charge in [0, 0.05) is 18.7 Å². The van der Waals surface area contributed by atoms with Gasteiger partial charge in [-0.05, 0) is 43.3 Å². The molecule has 1 aromatic heterocycles. The lowest BCUT2D eigenvalue weighted by Gasteiger charge is -2.17. The Labute approximate surface area is 144 Å². The van der Waals surface area contributed by atoms with Crippen molar-refractivity contribution in [1.82, 2.24) is 5.32 Å². The maximum atomic E-state index is 13.0. The molecule has 0 unspecified atom stereocenters. The maximum Gasteiger partial charge on any atom is 0.227 e. The van der Waals surface area contributed by atoms with Gasteiger partial charge in [0.15, 0.2) is 0 Å². The molecule has 25 heavy (non-hydrogen) atoms. The summed E-state index contributed by atoms with van der Waals surface area (Å²) in [6.45, 7) is 2.00. The molecule has 132 valence electrons. The van der Waals surface area contributed by atoms with Crippen molar-refractivity contribution >= 4 is 17.5 Å². The monoisotopic (exact) mass is 346 g/mol. The van der Waals surface area contributed by atoms with Crippen LogP contribution in [0.5, 0.6) is 0 Å². The molecule has 2 aromatic rings. The largest absolute Gasteiger partial charge is 0.464 e. The van der Waals surface area contributed by atoms with Crippen LogP contribution in [0.25, 0.3) is 0 Å². The predicted octanol–water partition coefficient (Wildman–Crippen LogP) is 1.93. The van der Waals surface area contributed by atoms with E-state index in [0.29, 0.717) is 17.2 Å². The standard InChI is InChI=1S/C18H19FN2O4/c1-11-2-7-16(25-11)15(22)9-20-18(24)12-8-17(23)21(10-12)14-5-3-13(19)4-6-14/h2-7,12,15,22H,8-10H2,1H3,(H,20,24)/t12-,15+/m0/s1. The number of nitrogens with zero attached hydrogens (tertiary/aromatic N) is 1. The van der Waals surface area contributed by atoms with Gasteiger partial charge in [-0.3, -0.25) is 9.59 Å². The number of hydrogen-bond donors (Lipinski definition) is 2. The number of amides is 2. The van der Waals surface area contributed by atoms with Gasteiger partial charge in [-0.15, -0.1) is 0 Å². The van der Waals surface area contributed by atoms with Crippen molar-refractivity contribution in [1.29, 1.82) is 0 Å². The van der Waals surface area contributed by atoms with Crippen LogP contribution in [-0.2, 0) is 9.59 Å². The molecule has 0 spiro atoms. The molecule has 1 fully saturated rings. The number of hydrogen-bond acceptors (Lipinski definition) is 4. The fourth-order valence-corrected chi connectivity index (χ4v) is 2.83. The van der Waals surface area contributed by atoms with E-state index >= 15 is 0 Å². The Balaban J connectivity index is 1.56. The highest BCUT2D eigenvalue weighted by molar-refractivity contribution is 6.00. The van der Waals surface area contributed by atoms with Crippen molar-refractivity contribution in [3.8, 4) is 0 Å². The highest BCUT2D eigenvalue weighted by Crippen LogP contribution is 2.25. The molecule has 2 atom stereocenters. The first-order valence-electron chi connectivity index (χ1n) is 8.02. The van der Waals surface area contributed by atoms with Gasteiger partial charge in [-0.1, -0.05) is 0 Å². The second-order valence-electron chi connectivity index (χ2n) is 6.09. The molecule has 7 heteroatoms. The number of nitrogens with one attached hydrogen (secondary N) is 1. The molecule has 0 saturated carbocycles. The Hall–Kier alpha value is -2.67. The van der Waals surface area contributed by atoms with Crippen LogP contribution in [0.3, 0.4) is 0 Å². The van der Waals surface area contributed by atoms with Crippen molar-refractivity contribution in [2.75, 3.05) is 18.0 Å². The quantitative estimate of drug-likeness (QED) is 0.867. The summed E-state index contributed by atoms with van der Waals surface area (Å²) in [6.07, 6.45) is -0.859. The Morgan fingerprint density at radius 3 is 2.72 bits per heavy atom. The van der Waals surface area contributed by atoms with Crippen LogP contribution in [-0.4, -0.2) is 30.0 Å². The van der Waals surface area contributed by atoms with Crippen LogP contribution in [0, 0.1) is 18.7 Å². The molecule has 2 amide bonds.